The topological polar surface area (TPSA) is 92.9 Å². The second kappa shape index (κ2) is 5.71. The number of ether oxygens (including phenoxy) is 1. The van der Waals surface area contributed by atoms with Gasteiger partial charge in [-0.25, -0.2) is 0 Å². The number of carbonyl (C=O) groups is 2. The van der Waals surface area contributed by atoms with Crippen LogP contribution in [0.2, 0.25) is 0 Å². The van der Waals surface area contributed by atoms with E-state index in [0.717, 1.165) is 0 Å². The SMILES string of the molecule is Nc1ccc(C(=O)N2CCOCC2CC(=O)O)cc1. The Kier molecular flexibility index (Phi) is 4.01. The molecule has 1 aliphatic rings. The van der Waals surface area contributed by atoms with E-state index in [1.807, 2.05) is 0 Å². The number of carboxylic acid groups (broad SMARTS) is 1. The normalized spacial score (nSPS) is 19.2. The quantitative estimate of drug-likeness (QED) is 0.779. The Balaban J connectivity index is 2.15. The van der Waals surface area contributed by atoms with E-state index in [1.54, 1.807) is 29.2 Å². The van der Waals surface area contributed by atoms with Crippen molar-refractivity contribution in [1.82, 2.24) is 4.90 Å². The third-order valence-electron chi connectivity index (χ3n) is 3.06. The van der Waals surface area contributed by atoms with Crippen LogP contribution in [0, 0.1) is 0 Å². The molecular formula is C13H16N2O4. The van der Waals surface area contributed by atoms with Crippen LogP contribution >= 0.6 is 0 Å². The molecule has 1 fully saturated rings. The maximum atomic E-state index is 12.3. The Morgan fingerprint density at radius 1 is 1.37 bits per heavy atom. The number of nitrogens with two attached hydrogens (primary N) is 1. The Labute approximate surface area is 110 Å². The highest BCUT2D eigenvalue weighted by molar-refractivity contribution is 5.95. The molecule has 6 nitrogen and oxygen atoms in total. The van der Waals surface area contributed by atoms with E-state index in [-0.39, 0.29) is 18.9 Å². The maximum Gasteiger partial charge on any atom is 0.305 e. The van der Waals surface area contributed by atoms with Crippen molar-refractivity contribution in [3.05, 3.63) is 29.8 Å². The van der Waals surface area contributed by atoms with Crippen molar-refractivity contribution in [2.45, 2.75) is 12.5 Å². The lowest BCUT2D eigenvalue weighted by molar-refractivity contribution is -0.139. The van der Waals surface area contributed by atoms with Crippen LogP contribution in [0.15, 0.2) is 24.3 Å². The molecule has 1 heterocycles. The molecule has 3 N–H and O–H groups in total. The van der Waals surface area contributed by atoms with Crippen molar-refractivity contribution < 1.29 is 19.4 Å². The van der Waals surface area contributed by atoms with Crippen molar-refractivity contribution >= 4 is 17.6 Å². The minimum Gasteiger partial charge on any atom is -0.481 e. The van der Waals surface area contributed by atoms with Gasteiger partial charge in [-0.15, -0.1) is 0 Å². The van der Waals surface area contributed by atoms with Gasteiger partial charge in [-0.3, -0.25) is 9.59 Å². The van der Waals surface area contributed by atoms with Crippen LogP contribution in [-0.4, -0.2) is 47.7 Å². The molecule has 102 valence electrons. The lowest BCUT2D eigenvalue weighted by Gasteiger charge is -2.34. The molecule has 0 spiro atoms. The molecule has 19 heavy (non-hydrogen) atoms. The second-order valence-electron chi connectivity index (χ2n) is 4.45. The summed E-state index contributed by atoms with van der Waals surface area (Å²) in [6.45, 7) is 1.09. The van der Waals surface area contributed by atoms with Crippen molar-refractivity contribution in [2.24, 2.45) is 0 Å². The molecule has 1 unspecified atom stereocenters. The summed E-state index contributed by atoms with van der Waals surface area (Å²) in [6, 6.07) is 6.17. The fraction of sp³-hybridized carbons (Fsp3) is 0.385. The molecule has 2 rings (SSSR count). The third-order valence-corrected chi connectivity index (χ3v) is 3.06. The van der Waals surface area contributed by atoms with E-state index in [1.165, 1.54) is 0 Å². The summed E-state index contributed by atoms with van der Waals surface area (Å²) in [5.41, 5.74) is 6.67. The van der Waals surface area contributed by atoms with Crippen LogP contribution in [0.1, 0.15) is 16.8 Å². The number of rotatable bonds is 3. The summed E-state index contributed by atoms with van der Waals surface area (Å²) in [6.07, 6.45) is -0.110. The molecule has 1 aromatic rings. The van der Waals surface area contributed by atoms with E-state index < -0.39 is 12.0 Å². The second-order valence-corrected chi connectivity index (χ2v) is 4.45. The first kappa shape index (κ1) is 13.4. The maximum absolute atomic E-state index is 12.3. The number of carboxylic acids is 1. The summed E-state index contributed by atoms with van der Waals surface area (Å²) in [7, 11) is 0. The highest BCUT2D eigenvalue weighted by atomic mass is 16.5. The van der Waals surface area contributed by atoms with Gasteiger partial charge in [0.1, 0.15) is 0 Å². The van der Waals surface area contributed by atoms with E-state index >= 15 is 0 Å². The van der Waals surface area contributed by atoms with Gasteiger partial charge in [0.25, 0.3) is 5.91 Å². The number of aliphatic carboxylic acids is 1. The summed E-state index contributed by atoms with van der Waals surface area (Å²) in [4.78, 5) is 24.7. The van der Waals surface area contributed by atoms with E-state index in [0.29, 0.717) is 24.4 Å². The lowest BCUT2D eigenvalue weighted by Crippen LogP contribution is -2.49. The number of hydrogen-bond donors (Lipinski definition) is 2. The Morgan fingerprint density at radius 2 is 2.05 bits per heavy atom. The van der Waals surface area contributed by atoms with E-state index in [9.17, 15) is 9.59 Å². The molecular weight excluding hydrogens is 248 g/mol. The van der Waals surface area contributed by atoms with Crippen molar-refractivity contribution in [3.63, 3.8) is 0 Å². The largest absolute Gasteiger partial charge is 0.481 e. The summed E-state index contributed by atoms with van der Waals surface area (Å²) in [5.74, 6) is -1.12. The minimum atomic E-state index is -0.939. The fourth-order valence-corrected chi connectivity index (χ4v) is 2.08. The van der Waals surface area contributed by atoms with Gasteiger partial charge in [0.2, 0.25) is 0 Å². The molecule has 0 saturated carbocycles. The predicted molar refractivity (Wildman–Crippen MR) is 68.8 cm³/mol. The molecule has 0 radical (unpaired) electrons. The number of nitrogen functional groups attached to an aromatic ring is 1. The van der Waals surface area contributed by atoms with Crippen LogP contribution in [0.25, 0.3) is 0 Å². The summed E-state index contributed by atoms with van der Waals surface area (Å²) in [5, 5.41) is 8.86. The minimum absolute atomic E-state index is 0.110. The van der Waals surface area contributed by atoms with Gasteiger partial charge in [0.05, 0.1) is 25.7 Å². The number of hydrogen-bond acceptors (Lipinski definition) is 4. The van der Waals surface area contributed by atoms with Crippen LogP contribution in [-0.2, 0) is 9.53 Å². The number of benzene rings is 1. The zero-order chi connectivity index (χ0) is 13.8. The fourth-order valence-electron chi connectivity index (χ4n) is 2.08. The van der Waals surface area contributed by atoms with Gasteiger partial charge >= 0.3 is 5.97 Å². The van der Waals surface area contributed by atoms with Crippen LogP contribution in [0.4, 0.5) is 5.69 Å². The van der Waals surface area contributed by atoms with E-state index in [2.05, 4.69) is 0 Å². The first-order chi connectivity index (χ1) is 9.08. The molecule has 1 aliphatic heterocycles. The van der Waals surface area contributed by atoms with Crippen molar-refractivity contribution in [2.75, 3.05) is 25.5 Å². The van der Waals surface area contributed by atoms with Crippen LogP contribution in [0.3, 0.4) is 0 Å². The monoisotopic (exact) mass is 264 g/mol. The molecule has 1 amide bonds. The third kappa shape index (κ3) is 3.23. The van der Waals surface area contributed by atoms with Gasteiger partial charge in [-0.1, -0.05) is 0 Å². The van der Waals surface area contributed by atoms with Gasteiger partial charge in [-0.05, 0) is 24.3 Å². The molecule has 0 aromatic heterocycles. The number of nitrogens with zero attached hydrogens (tertiary/aromatic N) is 1. The summed E-state index contributed by atoms with van der Waals surface area (Å²) < 4.78 is 5.24. The summed E-state index contributed by atoms with van der Waals surface area (Å²) >= 11 is 0. The highest BCUT2D eigenvalue weighted by Crippen LogP contribution is 2.16. The Hall–Kier alpha value is -2.08. The van der Waals surface area contributed by atoms with Gasteiger partial charge < -0.3 is 20.5 Å². The molecule has 0 bridgehead atoms. The molecule has 1 saturated heterocycles. The number of carbonyl (C=O) groups excluding carboxylic acids is 1. The average Bonchev–Trinajstić information content (AvgIpc) is 2.39. The molecule has 6 heteroatoms. The Morgan fingerprint density at radius 3 is 2.68 bits per heavy atom. The van der Waals surface area contributed by atoms with Crippen LogP contribution in [0.5, 0.6) is 0 Å². The Bertz CT molecular complexity index is 472. The standard InChI is InChI=1S/C13H16N2O4/c14-10-3-1-9(2-4-10)13(18)15-5-6-19-8-11(15)7-12(16)17/h1-4,11H,5-8,14H2,(H,16,17). The first-order valence-corrected chi connectivity index (χ1v) is 6.04. The molecule has 1 atom stereocenters. The zero-order valence-electron chi connectivity index (χ0n) is 10.4. The average molecular weight is 264 g/mol. The van der Waals surface area contributed by atoms with Crippen molar-refractivity contribution in [1.29, 1.82) is 0 Å². The molecule has 0 aliphatic carbocycles. The van der Waals surface area contributed by atoms with Gasteiger partial charge in [0, 0.05) is 17.8 Å². The predicted octanol–water partition coefficient (Wildman–Crippen LogP) is 0.584. The smallest absolute Gasteiger partial charge is 0.305 e. The van der Waals surface area contributed by atoms with Crippen LogP contribution < -0.4 is 5.73 Å². The highest BCUT2D eigenvalue weighted by Gasteiger charge is 2.29. The number of anilines is 1. The van der Waals surface area contributed by atoms with E-state index in [4.69, 9.17) is 15.6 Å². The lowest BCUT2D eigenvalue weighted by atomic mass is 10.1. The first-order valence-electron chi connectivity index (χ1n) is 6.04. The number of morpholine rings is 1. The molecule has 1 aromatic carbocycles. The van der Waals surface area contributed by atoms with Gasteiger partial charge in [0.15, 0.2) is 0 Å². The van der Waals surface area contributed by atoms with Crippen molar-refractivity contribution in [3.8, 4) is 0 Å². The number of amides is 1. The zero-order valence-corrected chi connectivity index (χ0v) is 10.4. The van der Waals surface area contributed by atoms with Gasteiger partial charge in [-0.2, -0.15) is 0 Å².